The second-order valence-electron chi connectivity index (χ2n) is 20.8. The lowest BCUT2D eigenvalue weighted by molar-refractivity contribution is -0.344. The summed E-state index contributed by atoms with van der Waals surface area (Å²) in [7, 11) is 0. The summed E-state index contributed by atoms with van der Waals surface area (Å²) in [4.78, 5) is 142. The molecule has 21 atom stereocenters. The molecule has 4 saturated heterocycles. The number of halogens is 8. The number of alkyl halides is 7. The number of carbonyl (C=O) groups is 13. The third-order valence-electron chi connectivity index (χ3n) is 12.2. The molecular formula is C56H76BrF7O31. The first-order chi connectivity index (χ1) is 43.6. The van der Waals surface area contributed by atoms with E-state index in [0.717, 1.165) is 75.5 Å². The van der Waals surface area contributed by atoms with Crippen LogP contribution in [-0.2, 0) is 148 Å². The predicted octanol–water partition coefficient (Wildman–Crippen LogP) is 4.49. The molecule has 5 aliphatic heterocycles. The minimum Gasteiger partial charge on any atom is -0.491 e. The summed E-state index contributed by atoms with van der Waals surface area (Å²) in [6.07, 6.45) is -26.9. The maximum Gasteiger partial charge on any atom is 0.348 e. The van der Waals surface area contributed by atoms with E-state index in [1.165, 1.54) is 41.5 Å². The van der Waals surface area contributed by atoms with Crippen molar-refractivity contribution in [2.45, 2.75) is 264 Å². The van der Waals surface area contributed by atoms with Crippen molar-refractivity contribution in [2.75, 3.05) is 0 Å². The van der Waals surface area contributed by atoms with Gasteiger partial charge in [0.15, 0.2) is 60.8 Å². The van der Waals surface area contributed by atoms with E-state index in [0.29, 0.717) is 0 Å². The van der Waals surface area contributed by atoms with Gasteiger partial charge in [0, 0.05) is 90.0 Å². The molecule has 0 spiro atoms. The van der Waals surface area contributed by atoms with E-state index in [-0.39, 0.29) is 0 Å². The van der Waals surface area contributed by atoms with Crippen molar-refractivity contribution in [3.63, 3.8) is 0 Å². The molecule has 0 amide bonds. The van der Waals surface area contributed by atoms with E-state index in [9.17, 15) is 93.1 Å². The molecule has 0 aliphatic carbocycles. The zero-order valence-corrected chi connectivity index (χ0v) is 56.0. The number of esters is 13. The first-order valence-corrected chi connectivity index (χ1v) is 29.0. The van der Waals surface area contributed by atoms with Crippen LogP contribution in [0.3, 0.4) is 0 Å². The number of hydrogen-bond acceptors (Lipinski definition) is 31. The molecule has 4 fully saturated rings. The summed E-state index contributed by atoms with van der Waals surface area (Å²) < 4.78 is 185. The van der Waals surface area contributed by atoms with Crippen LogP contribution in [0.2, 0.25) is 0 Å². The van der Waals surface area contributed by atoms with Gasteiger partial charge in [0.1, 0.15) is 29.6 Å². The molecule has 0 aromatic rings. The highest BCUT2D eigenvalue weighted by molar-refractivity contribution is 9.09. The lowest BCUT2D eigenvalue weighted by atomic mass is 9.98. The summed E-state index contributed by atoms with van der Waals surface area (Å²) in [6.45, 7) is 21.2. The lowest BCUT2D eigenvalue weighted by Gasteiger charge is -2.43. The van der Waals surface area contributed by atoms with Crippen LogP contribution in [0, 0.1) is 0 Å². The van der Waals surface area contributed by atoms with E-state index < -0.39 is 223 Å². The Bertz CT molecular complexity index is 2660. The monoisotopic (exact) mass is 1460 g/mol. The average Bonchev–Trinajstić information content (AvgIpc) is 0.780. The summed E-state index contributed by atoms with van der Waals surface area (Å²) >= 11 is 2.99. The highest BCUT2D eigenvalue weighted by atomic mass is 79.9. The summed E-state index contributed by atoms with van der Waals surface area (Å²) in [5.41, 5.74) is 0. The van der Waals surface area contributed by atoms with Gasteiger partial charge in [0.2, 0.25) is 24.7 Å². The zero-order chi connectivity index (χ0) is 73.6. The molecule has 5 aliphatic rings. The molecule has 0 aromatic carbocycles. The minimum atomic E-state index is -3.87. The quantitative estimate of drug-likeness (QED) is 0.106. The van der Waals surface area contributed by atoms with E-state index in [1.54, 1.807) is 13.8 Å². The van der Waals surface area contributed by atoms with Crippen molar-refractivity contribution in [1.29, 1.82) is 0 Å². The molecule has 95 heavy (non-hydrogen) atoms. The van der Waals surface area contributed by atoms with Crippen molar-refractivity contribution >= 4 is 93.5 Å². The van der Waals surface area contributed by atoms with Crippen LogP contribution in [0.15, 0.2) is 12.1 Å². The van der Waals surface area contributed by atoms with Crippen LogP contribution in [0.25, 0.3) is 0 Å². The van der Waals surface area contributed by atoms with Crippen molar-refractivity contribution in [3.05, 3.63) is 12.1 Å². The number of carbonyl (C=O) groups excluding carboxylic acids is 13. The van der Waals surface area contributed by atoms with Crippen molar-refractivity contribution < 1.29 is 178 Å². The topological polar surface area (TPSA) is 388 Å². The average molecular weight is 1460 g/mol. The largest absolute Gasteiger partial charge is 0.491 e. The highest BCUT2D eigenvalue weighted by Gasteiger charge is 2.64. The van der Waals surface area contributed by atoms with Crippen molar-refractivity contribution in [3.8, 4) is 0 Å². The number of hydrogen-bond donors (Lipinski definition) is 0. The molecule has 0 N–H and O–H groups in total. The maximum atomic E-state index is 14.3. The fraction of sp³-hybridized carbons (Fsp3) is 0.732. The Hall–Kier alpha value is -7.52. The summed E-state index contributed by atoms with van der Waals surface area (Å²) in [5, 5.41) is -0.895. The summed E-state index contributed by atoms with van der Waals surface area (Å²) in [6, 6.07) is 0. The first-order valence-electron chi connectivity index (χ1n) is 28.1. The van der Waals surface area contributed by atoms with Gasteiger partial charge in [-0.3, -0.25) is 62.3 Å². The second kappa shape index (κ2) is 38.3. The SMILES string of the molecule is CC(=O)OC1O[C@@H](C)[C@@H](OC(C)=O)[C@@H](OC(C)=O)[C@@H]1F.CC(=O)O[C@@H]1[C@H](C)OC=C(F)[C@@H]1OC(C)=O.CC(=O)O[C@@H]1[C@H](C)O[C@@H](OC(C)=O)C(F)(F)[C@@H]1OC(C)=O.CC(=O)O[C@@H]1[C@H](C)O[C@H](OC(C)=O)C(F)(F)[C@@H]1OC(C)=O.CC(=O)O[C@@H]1[C@H](OC(C)=O)[C@H](C)OC(Br)[C@H]1F. The standard InChI is InChI=1S/2C12H16F2O7.C12H17FO7.C10H14BrFO5.C10H13FO5/c2*1-5-9(19-6(2)15)10(20-7(3)16)12(13,14)11(18-5)21-8(4)17;1-5-10(18-6(2)14)11(19-7(3)15)9(13)12(17-5)20-8(4)16;1-4-8(16-5(2)13)9(17-6(3)14)7(12)10(11)15-4;1-5-9(15-6(2)12)10(16-7(3)13)8(11)4-14-5/h2*5,9-11H,1-4H3;5,9-12H,1-4H3;4,7-10H,1-3H3;4-5,9-10H,1-3H3/t5-,9+,10+,11+;5-,9+,10+,11-;5-,9-,10+,11-,12?;4-,7-,8+,9-,10?;5-,9+,10-/m00000/s1. The normalized spacial score (nSPS) is 32.3. The zero-order valence-electron chi connectivity index (χ0n) is 54.4. The summed E-state index contributed by atoms with van der Waals surface area (Å²) in [5.74, 6) is -18.8. The molecule has 39 heteroatoms. The molecule has 5 rings (SSSR count). The molecule has 0 radical (unpaired) electrons. The van der Waals surface area contributed by atoms with E-state index >= 15 is 0 Å². The Morgan fingerprint density at radius 3 is 0.947 bits per heavy atom. The van der Waals surface area contributed by atoms with Crippen LogP contribution < -0.4 is 0 Å². The van der Waals surface area contributed by atoms with Crippen molar-refractivity contribution in [2.24, 2.45) is 0 Å². The Morgan fingerprint density at radius 2 is 0.621 bits per heavy atom. The maximum absolute atomic E-state index is 14.3. The van der Waals surface area contributed by atoms with Gasteiger partial charge in [0.05, 0.1) is 12.2 Å². The Balaban J connectivity index is 0.000000596. The van der Waals surface area contributed by atoms with E-state index in [1.807, 2.05) is 0 Å². The van der Waals surface area contributed by atoms with Gasteiger partial charge in [-0.2, -0.15) is 17.6 Å². The van der Waals surface area contributed by atoms with Crippen LogP contribution in [0.5, 0.6) is 0 Å². The van der Waals surface area contributed by atoms with E-state index in [4.69, 9.17) is 61.6 Å². The second-order valence-corrected chi connectivity index (χ2v) is 21.7. The molecule has 31 nitrogen and oxygen atoms in total. The highest BCUT2D eigenvalue weighted by Crippen LogP contribution is 2.41. The molecule has 5 heterocycles. The van der Waals surface area contributed by atoms with Crippen LogP contribution in [0.4, 0.5) is 30.7 Å². The Morgan fingerprint density at radius 1 is 0.347 bits per heavy atom. The fourth-order valence-electron chi connectivity index (χ4n) is 8.69. The van der Waals surface area contributed by atoms with Crippen molar-refractivity contribution in [1.82, 2.24) is 0 Å². The van der Waals surface area contributed by atoms with Gasteiger partial charge in [-0.15, -0.1) is 0 Å². The van der Waals surface area contributed by atoms with Gasteiger partial charge in [-0.1, -0.05) is 15.9 Å². The molecule has 2 unspecified atom stereocenters. The lowest BCUT2D eigenvalue weighted by Crippen LogP contribution is -2.64. The number of ether oxygens (including phenoxy) is 18. The third kappa shape index (κ3) is 27.6. The Kier molecular flexibility index (Phi) is 34.4. The van der Waals surface area contributed by atoms with Gasteiger partial charge in [-0.25, -0.2) is 13.2 Å². The van der Waals surface area contributed by atoms with Gasteiger partial charge >= 0.3 is 89.4 Å². The molecular weight excluding hydrogens is 1380 g/mol. The smallest absolute Gasteiger partial charge is 0.348 e. The van der Waals surface area contributed by atoms with Gasteiger partial charge < -0.3 is 85.3 Å². The first kappa shape index (κ1) is 85.5. The molecule has 542 valence electrons. The van der Waals surface area contributed by atoms with Crippen LogP contribution in [0.1, 0.15) is 125 Å². The predicted molar refractivity (Wildman–Crippen MR) is 297 cm³/mol. The molecule has 0 bridgehead atoms. The molecule has 0 aromatic heterocycles. The van der Waals surface area contributed by atoms with Gasteiger partial charge in [-0.05, 0) is 34.6 Å². The fourth-order valence-corrected chi connectivity index (χ4v) is 9.33. The van der Waals surface area contributed by atoms with Gasteiger partial charge in [0.25, 0.3) is 12.6 Å². The molecule has 0 saturated carbocycles. The van der Waals surface area contributed by atoms with Crippen LogP contribution in [-0.4, -0.2) is 217 Å². The Labute approximate surface area is 546 Å². The number of rotatable bonds is 13. The third-order valence-corrected chi connectivity index (χ3v) is 13.0. The van der Waals surface area contributed by atoms with E-state index in [2.05, 4.69) is 39.6 Å². The van der Waals surface area contributed by atoms with Crippen LogP contribution >= 0.6 is 15.9 Å². The minimum absolute atomic E-state index is 0.570.